The van der Waals surface area contributed by atoms with Crippen molar-refractivity contribution in [3.05, 3.63) is 23.8 Å². The van der Waals surface area contributed by atoms with Gasteiger partial charge in [0.05, 0.1) is 27.3 Å². The second-order valence-corrected chi connectivity index (χ2v) is 6.18. The number of methoxy groups -OCH3 is 2. The molecular formula is C19H31IN4O3. The predicted octanol–water partition coefficient (Wildman–Crippen LogP) is 2.39. The smallest absolute Gasteiger partial charge is 0.241 e. The van der Waals surface area contributed by atoms with Gasteiger partial charge in [-0.2, -0.15) is 0 Å². The van der Waals surface area contributed by atoms with Gasteiger partial charge in [0.1, 0.15) is 0 Å². The fourth-order valence-corrected chi connectivity index (χ4v) is 2.91. The number of carbonyl (C=O) groups is 1. The maximum Gasteiger partial charge on any atom is 0.241 e. The van der Waals surface area contributed by atoms with Crippen LogP contribution in [-0.4, -0.2) is 57.2 Å². The molecule has 0 aliphatic carbocycles. The Hall–Kier alpha value is -1.71. The molecule has 1 aromatic carbocycles. The van der Waals surface area contributed by atoms with Gasteiger partial charge in [0, 0.05) is 19.6 Å². The minimum atomic E-state index is 0. The molecule has 0 radical (unpaired) electrons. The molecule has 0 unspecified atom stereocenters. The average molecular weight is 490 g/mol. The first-order chi connectivity index (χ1) is 12.7. The van der Waals surface area contributed by atoms with Crippen LogP contribution in [0.15, 0.2) is 23.2 Å². The minimum Gasteiger partial charge on any atom is -0.493 e. The van der Waals surface area contributed by atoms with Gasteiger partial charge in [-0.1, -0.05) is 6.07 Å². The van der Waals surface area contributed by atoms with Crippen LogP contribution >= 0.6 is 24.0 Å². The van der Waals surface area contributed by atoms with Crippen LogP contribution in [0, 0.1) is 0 Å². The SMILES string of the molecule is CCNC(=NCc1ccc(OC)c(OC)c1)NCC(=O)N1CCCCC1.I. The number of amides is 1. The van der Waals surface area contributed by atoms with Crippen molar-refractivity contribution < 1.29 is 14.3 Å². The maximum absolute atomic E-state index is 12.3. The minimum absolute atomic E-state index is 0. The van der Waals surface area contributed by atoms with E-state index in [0.29, 0.717) is 24.0 Å². The first-order valence-electron chi connectivity index (χ1n) is 9.18. The number of carbonyl (C=O) groups excluding carboxylic acids is 1. The monoisotopic (exact) mass is 490 g/mol. The second-order valence-electron chi connectivity index (χ2n) is 6.18. The predicted molar refractivity (Wildman–Crippen MR) is 118 cm³/mol. The zero-order valence-corrected chi connectivity index (χ0v) is 18.7. The molecule has 2 N–H and O–H groups in total. The molecule has 1 aliphatic heterocycles. The molecule has 1 heterocycles. The van der Waals surface area contributed by atoms with E-state index in [9.17, 15) is 4.79 Å². The van der Waals surface area contributed by atoms with Crippen LogP contribution in [0.2, 0.25) is 0 Å². The lowest BCUT2D eigenvalue weighted by atomic mass is 10.1. The lowest BCUT2D eigenvalue weighted by molar-refractivity contribution is -0.130. The summed E-state index contributed by atoms with van der Waals surface area (Å²) in [6.45, 7) is 5.20. The number of guanidine groups is 1. The van der Waals surface area contributed by atoms with Crippen LogP contribution in [-0.2, 0) is 11.3 Å². The molecule has 0 aromatic heterocycles. The zero-order chi connectivity index (χ0) is 18.8. The summed E-state index contributed by atoms with van der Waals surface area (Å²) >= 11 is 0. The standard InChI is InChI=1S/C19H30N4O3.HI/c1-4-20-19(22-14-18(24)23-10-6-5-7-11-23)21-13-15-8-9-16(25-2)17(12-15)26-3;/h8-9,12H,4-7,10-11,13-14H2,1-3H3,(H2,20,21,22);1H. The van der Waals surface area contributed by atoms with E-state index in [-0.39, 0.29) is 36.4 Å². The highest BCUT2D eigenvalue weighted by Crippen LogP contribution is 2.27. The van der Waals surface area contributed by atoms with Crippen LogP contribution < -0.4 is 20.1 Å². The summed E-state index contributed by atoms with van der Waals surface area (Å²) < 4.78 is 10.6. The number of nitrogens with one attached hydrogen (secondary N) is 2. The van der Waals surface area contributed by atoms with Crippen LogP contribution in [0.25, 0.3) is 0 Å². The summed E-state index contributed by atoms with van der Waals surface area (Å²) in [5.41, 5.74) is 1.00. The molecule has 0 bridgehead atoms. The molecule has 2 rings (SSSR count). The number of likely N-dealkylation sites (tertiary alicyclic amines) is 1. The number of halogens is 1. The van der Waals surface area contributed by atoms with Gasteiger partial charge in [-0.15, -0.1) is 24.0 Å². The fourth-order valence-electron chi connectivity index (χ4n) is 2.91. The summed E-state index contributed by atoms with van der Waals surface area (Å²) in [5.74, 6) is 2.13. The summed E-state index contributed by atoms with van der Waals surface area (Å²) in [6.07, 6.45) is 3.41. The Morgan fingerprint density at radius 3 is 2.44 bits per heavy atom. The van der Waals surface area contributed by atoms with E-state index in [1.165, 1.54) is 6.42 Å². The number of nitrogens with zero attached hydrogens (tertiary/aromatic N) is 2. The Kier molecular flexibility index (Phi) is 10.9. The fraction of sp³-hybridized carbons (Fsp3) is 0.579. The van der Waals surface area contributed by atoms with E-state index in [0.717, 1.165) is 38.0 Å². The number of hydrogen-bond donors (Lipinski definition) is 2. The number of rotatable bonds is 7. The Labute approximate surface area is 178 Å². The van der Waals surface area contributed by atoms with Crippen molar-refractivity contribution in [3.8, 4) is 11.5 Å². The van der Waals surface area contributed by atoms with Crippen LogP contribution in [0.3, 0.4) is 0 Å². The van der Waals surface area contributed by atoms with Gasteiger partial charge in [-0.05, 0) is 43.9 Å². The highest BCUT2D eigenvalue weighted by Gasteiger charge is 2.16. The molecule has 8 heteroatoms. The molecule has 1 aromatic rings. The lowest BCUT2D eigenvalue weighted by Gasteiger charge is -2.27. The molecular weight excluding hydrogens is 459 g/mol. The third kappa shape index (κ3) is 7.43. The maximum atomic E-state index is 12.3. The molecule has 7 nitrogen and oxygen atoms in total. The first kappa shape index (κ1) is 23.3. The third-order valence-electron chi connectivity index (χ3n) is 4.33. The highest BCUT2D eigenvalue weighted by molar-refractivity contribution is 14.0. The van der Waals surface area contributed by atoms with Crippen molar-refractivity contribution in [2.45, 2.75) is 32.7 Å². The van der Waals surface area contributed by atoms with Gasteiger partial charge in [-0.25, -0.2) is 4.99 Å². The van der Waals surface area contributed by atoms with Gasteiger partial charge in [0.2, 0.25) is 5.91 Å². The highest BCUT2D eigenvalue weighted by atomic mass is 127. The van der Waals surface area contributed by atoms with Gasteiger partial charge in [-0.3, -0.25) is 4.79 Å². The van der Waals surface area contributed by atoms with Crippen molar-refractivity contribution >= 4 is 35.8 Å². The van der Waals surface area contributed by atoms with Crippen molar-refractivity contribution in [1.82, 2.24) is 15.5 Å². The van der Waals surface area contributed by atoms with E-state index < -0.39 is 0 Å². The molecule has 1 amide bonds. The number of ether oxygens (including phenoxy) is 2. The van der Waals surface area contributed by atoms with Crippen molar-refractivity contribution in [2.75, 3.05) is 40.4 Å². The van der Waals surface area contributed by atoms with Gasteiger partial charge < -0.3 is 25.0 Å². The molecule has 1 fully saturated rings. The normalized spacial score (nSPS) is 14.2. The van der Waals surface area contributed by atoms with E-state index in [1.807, 2.05) is 30.0 Å². The van der Waals surface area contributed by atoms with Gasteiger partial charge >= 0.3 is 0 Å². The van der Waals surface area contributed by atoms with Gasteiger partial charge in [0.15, 0.2) is 17.5 Å². The quantitative estimate of drug-likeness (QED) is 0.349. The van der Waals surface area contributed by atoms with E-state index in [1.54, 1.807) is 14.2 Å². The van der Waals surface area contributed by atoms with E-state index in [4.69, 9.17) is 9.47 Å². The molecule has 1 saturated heterocycles. The number of piperidine rings is 1. The molecule has 1 aliphatic rings. The third-order valence-corrected chi connectivity index (χ3v) is 4.33. The Morgan fingerprint density at radius 1 is 1.11 bits per heavy atom. The largest absolute Gasteiger partial charge is 0.493 e. The van der Waals surface area contributed by atoms with Crippen molar-refractivity contribution in [1.29, 1.82) is 0 Å². The molecule has 0 atom stereocenters. The van der Waals surface area contributed by atoms with E-state index >= 15 is 0 Å². The van der Waals surface area contributed by atoms with Crippen molar-refractivity contribution in [3.63, 3.8) is 0 Å². The summed E-state index contributed by atoms with van der Waals surface area (Å²) in [4.78, 5) is 18.8. The molecule has 0 spiro atoms. The Bertz CT molecular complexity index is 619. The first-order valence-corrected chi connectivity index (χ1v) is 9.18. The molecule has 0 saturated carbocycles. The number of benzene rings is 1. The van der Waals surface area contributed by atoms with E-state index in [2.05, 4.69) is 15.6 Å². The number of aliphatic imine (C=N–C) groups is 1. The zero-order valence-electron chi connectivity index (χ0n) is 16.4. The lowest BCUT2D eigenvalue weighted by Crippen LogP contribution is -2.46. The molecule has 27 heavy (non-hydrogen) atoms. The van der Waals surface area contributed by atoms with Crippen LogP contribution in [0.1, 0.15) is 31.7 Å². The van der Waals surface area contributed by atoms with Crippen molar-refractivity contribution in [2.24, 2.45) is 4.99 Å². The summed E-state index contributed by atoms with van der Waals surface area (Å²) in [6, 6.07) is 5.72. The van der Waals surface area contributed by atoms with Crippen LogP contribution in [0.4, 0.5) is 0 Å². The average Bonchev–Trinajstić information content (AvgIpc) is 2.70. The Morgan fingerprint density at radius 2 is 1.81 bits per heavy atom. The topological polar surface area (TPSA) is 75.2 Å². The molecule has 152 valence electrons. The summed E-state index contributed by atoms with van der Waals surface area (Å²) in [5, 5.41) is 6.31. The summed E-state index contributed by atoms with van der Waals surface area (Å²) in [7, 11) is 3.23. The number of hydrogen-bond acceptors (Lipinski definition) is 4. The Balaban J connectivity index is 0.00000364. The van der Waals surface area contributed by atoms with Gasteiger partial charge in [0.25, 0.3) is 0 Å². The second kappa shape index (κ2) is 12.6. The van der Waals surface area contributed by atoms with Crippen LogP contribution in [0.5, 0.6) is 11.5 Å².